The van der Waals surface area contributed by atoms with E-state index in [1.807, 2.05) is 0 Å². The number of rotatable bonds is 4. The second-order valence-corrected chi connectivity index (χ2v) is 3.82. The van der Waals surface area contributed by atoms with Crippen molar-refractivity contribution in [2.24, 2.45) is 0 Å². The summed E-state index contributed by atoms with van der Waals surface area (Å²) in [6, 6.07) is 0. The van der Waals surface area contributed by atoms with Gasteiger partial charge in [-0.1, -0.05) is 11.3 Å². The Morgan fingerprint density at radius 2 is 2.31 bits per heavy atom. The highest BCUT2D eigenvalue weighted by atomic mass is 32.1. The van der Waals surface area contributed by atoms with E-state index in [-0.39, 0.29) is 11.9 Å². The first-order valence-electron chi connectivity index (χ1n) is 3.34. The van der Waals surface area contributed by atoms with E-state index in [0.717, 1.165) is 0 Å². The van der Waals surface area contributed by atoms with Crippen molar-refractivity contribution >= 4 is 36.4 Å². The molecule has 0 spiro atoms. The van der Waals surface area contributed by atoms with Gasteiger partial charge in [-0.25, -0.2) is 0 Å². The molecule has 9 heteroatoms. The monoisotopic (exact) mass is 221 g/mol. The zero-order chi connectivity index (χ0) is 9.84. The van der Waals surface area contributed by atoms with E-state index in [1.165, 1.54) is 11.3 Å². The molecule has 0 radical (unpaired) electrons. The van der Waals surface area contributed by atoms with Crippen molar-refractivity contribution in [3.05, 3.63) is 5.01 Å². The van der Waals surface area contributed by atoms with Crippen molar-refractivity contribution in [2.75, 3.05) is 12.3 Å². The fourth-order valence-corrected chi connectivity index (χ4v) is 1.51. The van der Waals surface area contributed by atoms with E-state index < -0.39 is 7.32 Å². The van der Waals surface area contributed by atoms with Gasteiger partial charge in [-0.3, -0.25) is 0 Å². The van der Waals surface area contributed by atoms with Gasteiger partial charge in [0.05, 0.1) is 11.9 Å². The molecule has 72 valence electrons. The Labute approximate surface area is 84.3 Å². The summed E-state index contributed by atoms with van der Waals surface area (Å²) >= 11 is 5.30. The van der Waals surface area contributed by atoms with Gasteiger partial charge in [-0.2, -0.15) is 12.6 Å². The molecular weight excluding hydrogens is 213 g/mol. The third kappa shape index (κ3) is 3.49. The third-order valence-corrected chi connectivity index (χ3v) is 2.58. The molecule has 1 rings (SSSR count). The fraction of sp³-hybridized carbons (Fsp3) is 0.500. The van der Waals surface area contributed by atoms with E-state index in [9.17, 15) is 0 Å². The zero-order valence-electron chi connectivity index (χ0n) is 6.49. The van der Waals surface area contributed by atoms with Crippen molar-refractivity contribution in [1.82, 2.24) is 10.2 Å². The van der Waals surface area contributed by atoms with Gasteiger partial charge >= 0.3 is 7.32 Å². The van der Waals surface area contributed by atoms with Crippen molar-refractivity contribution in [1.29, 1.82) is 0 Å². The zero-order valence-corrected chi connectivity index (χ0v) is 8.20. The summed E-state index contributed by atoms with van der Waals surface area (Å²) in [6.45, 7) is 0.0371. The summed E-state index contributed by atoms with van der Waals surface area (Å²) in [5, 5.41) is 24.7. The Balaban J connectivity index is 2.44. The Kier molecular flexibility index (Phi) is 3.94. The van der Waals surface area contributed by atoms with Crippen LogP contribution in [-0.2, 0) is 4.65 Å². The molecule has 1 unspecified atom stereocenters. The smallest absolute Gasteiger partial charge is 0.402 e. The maximum absolute atomic E-state index is 8.40. The van der Waals surface area contributed by atoms with E-state index in [0.29, 0.717) is 10.1 Å². The Morgan fingerprint density at radius 1 is 1.62 bits per heavy atom. The molecule has 0 saturated heterocycles. The van der Waals surface area contributed by atoms with Gasteiger partial charge in [-0.05, 0) is 0 Å². The molecule has 0 aromatic carbocycles. The van der Waals surface area contributed by atoms with Crippen LogP contribution in [0, 0.1) is 0 Å². The quantitative estimate of drug-likeness (QED) is 0.387. The maximum Gasteiger partial charge on any atom is 0.633 e. The first-order chi connectivity index (χ1) is 6.09. The summed E-state index contributed by atoms with van der Waals surface area (Å²) in [6.07, 6.45) is 0. The van der Waals surface area contributed by atoms with Crippen LogP contribution in [0.3, 0.4) is 0 Å². The molecule has 0 aliphatic carbocycles. The summed E-state index contributed by atoms with van der Waals surface area (Å²) in [5.74, 6) is 0. The first-order valence-corrected chi connectivity index (χ1v) is 4.67. The Bertz CT molecular complexity index is 271. The van der Waals surface area contributed by atoms with Crippen LogP contribution in [0.2, 0.25) is 0 Å². The third-order valence-electron chi connectivity index (χ3n) is 1.14. The fourth-order valence-electron chi connectivity index (χ4n) is 0.630. The minimum atomic E-state index is -1.79. The lowest BCUT2D eigenvalue weighted by Gasteiger charge is -2.06. The predicted octanol–water partition coefficient (Wildman–Crippen LogP) is -0.923. The number of hydrogen-bond acceptors (Lipinski definition) is 8. The molecular formula is C4H8BN3O3S2. The molecule has 1 heterocycles. The van der Waals surface area contributed by atoms with Crippen LogP contribution in [0.1, 0.15) is 10.3 Å². The standard InChI is InChI=1S/C4H8BN3O3S2/c6-4-8-7-3(13-4)2(12)1-11-5(9)10/h2,9-10,12H,1H2,(H2,6,8). The normalized spacial score (nSPS) is 12.8. The highest BCUT2D eigenvalue weighted by molar-refractivity contribution is 7.80. The van der Waals surface area contributed by atoms with Crippen LogP contribution in [0.4, 0.5) is 5.13 Å². The molecule has 0 aliphatic rings. The maximum atomic E-state index is 8.40. The summed E-state index contributed by atoms with van der Waals surface area (Å²) in [4.78, 5) is 0. The minimum Gasteiger partial charge on any atom is -0.402 e. The van der Waals surface area contributed by atoms with Crippen LogP contribution in [-0.4, -0.2) is 34.2 Å². The second kappa shape index (κ2) is 4.77. The SMILES string of the molecule is Nc1nnc(C(S)COB(O)O)s1. The number of nitrogen functional groups attached to an aromatic ring is 1. The van der Waals surface area contributed by atoms with Gasteiger partial charge < -0.3 is 20.4 Å². The number of nitrogens with two attached hydrogens (primary N) is 1. The van der Waals surface area contributed by atoms with E-state index in [4.69, 9.17) is 15.8 Å². The van der Waals surface area contributed by atoms with E-state index in [2.05, 4.69) is 27.5 Å². The summed E-state index contributed by atoms with van der Waals surface area (Å²) < 4.78 is 4.50. The second-order valence-electron chi connectivity index (χ2n) is 2.15. The largest absolute Gasteiger partial charge is 0.633 e. The van der Waals surface area contributed by atoms with Crippen molar-refractivity contribution in [3.63, 3.8) is 0 Å². The molecule has 1 atom stereocenters. The molecule has 0 saturated carbocycles. The van der Waals surface area contributed by atoms with E-state index in [1.54, 1.807) is 0 Å². The Hall–Kier alpha value is -0.345. The average molecular weight is 221 g/mol. The van der Waals surface area contributed by atoms with Crippen LogP contribution < -0.4 is 5.73 Å². The van der Waals surface area contributed by atoms with Gasteiger partial charge in [0.25, 0.3) is 0 Å². The lowest BCUT2D eigenvalue weighted by atomic mass is 10.2. The minimum absolute atomic E-state index is 0.0371. The molecule has 6 nitrogen and oxygen atoms in total. The van der Waals surface area contributed by atoms with Crippen molar-refractivity contribution < 1.29 is 14.7 Å². The molecule has 0 bridgehead atoms. The van der Waals surface area contributed by atoms with Crippen LogP contribution >= 0.6 is 24.0 Å². The van der Waals surface area contributed by atoms with Gasteiger partial charge in [0, 0.05) is 0 Å². The lowest BCUT2D eigenvalue weighted by Crippen LogP contribution is -2.19. The molecule has 1 aromatic rings. The number of thiol groups is 1. The predicted molar refractivity (Wildman–Crippen MR) is 52.2 cm³/mol. The van der Waals surface area contributed by atoms with Crippen molar-refractivity contribution in [3.8, 4) is 0 Å². The number of anilines is 1. The first kappa shape index (κ1) is 10.7. The highest BCUT2D eigenvalue weighted by Crippen LogP contribution is 2.24. The number of hydrogen-bond donors (Lipinski definition) is 4. The van der Waals surface area contributed by atoms with Gasteiger partial charge in [-0.15, -0.1) is 10.2 Å². The molecule has 0 fully saturated rings. The molecule has 1 aromatic heterocycles. The topological polar surface area (TPSA) is 101 Å². The summed E-state index contributed by atoms with van der Waals surface area (Å²) in [7, 11) is -1.79. The van der Waals surface area contributed by atoms with Gasteiger partial charge in [0.15, 0.2) is 0 Å². The number of nitrogens with zero attached hydrogens (tertiary/aromatic N) is 2. The van der Waals surface area contributed by atoms with Crippen LogP contribution in [0.25, 0.3) is 0 Å². The lowest BCUT2D eigenvalue weighted by molar-refractivity contribution is 0.187. The van der Waals surface area contributed by atoms with Crippen molar-refractivity contribution in [2.45, 2.75) is 5.25 Å². The molecule has 0 aliphatic heterocycles. The Morgan fingerprint density at radius 3 is 2.77 bits per heavy atom. The van der Waals surface area contributed by atoms with Gasteiger partial charge in [0.1, 0.15) is 5.01 Å². The summed E-state index contributed by atoms with van der Waals surface area (Å²) in [5.41, 5.74) is 5.34. The molecule has 13 heavy (non-hydrogen) atoms. The van der Waals surface area contributed by atoms with E-state index >= 15 is 0 Å². The highest BCUT2D eigenvalue weighted by Gasteiger charge is 2.16. The van der Waals surface area contributed by atoms with Crippen LogP contribution in [0.15, 0.2) is 0 Å². The molecule has 4 N–H and O–H groups in total. The average Bonchev–Trinajstić information content (AvgIpc) is 2.47. The molecule has 0 amide bonds. The van der Waals surface area contributed by atoms with Crippen LogP contribution in [0.5, 0.6) is 0 Å². The van der Waals surface area contributed by atoms with Gasteiger partial charge in [0.2, 0.25) is 5.13 Å². The number of aromatic nitrogens is 2.